The van der Waals surface area contributed by atoms with Crippen LogP contribution in [0.1, 0.15) is 12.6 Å². The van der Waals surface area contributed by atoms with E-state index in [0.717, 1.165) is 29.4 Å². The molecule has 3 aromatic rings. The van der Waals surface area contributed by atoms with Crippen LogP contribution in [0.25, 0.3) is 21.5 Å². The number of rotatable bonds is 5. The van der Waals surface area contributed by atoms with Gasteiger partial charge in [-0.2, -0.15) is 0 Å². The van der Waals surface area contributed by atoms with Crippen molar-refractivity contribution in [3.05, 3.63) is 41.4 Å². The van der Waals surface area contributed by atoms with Gasteiger partial charge in [0.1, 0.15) is 5.82 Å². The third kappa shape index (κ3) is 2.89. The van der Waals surface area contributed by atoms with Gasteiger partial charge in [0.2, 0.25) is 0 Å². The molecule has 0 unspecified atom stereocenters. The first kappa shape index (κ1) is 14.0. The first-order valence-electron chi connectivity index (χ1n) is 6.89. The molecule has 3 rings (SSSR count). The van der Waals surface area contributed by atoms with Crippen molar-refractivity contribution in [2.75, 3.05) is 19.0 Å². The largest absolute Gasteiger partial charge is 0.378 e. The number of methoxy groups -OCH3 is 1. The zero-order chi connectivity index (χ0) is 14.7. The lowest BCUT2D eigenvalue weighted by molar-refractivity contribution is 0.181. The van der Waals surface area contributed by atoms with E-state index >= 15 is 0 Å². The van der Waals surface area contributed by atoms with Crippen LogP contribution in [0.4, 0.5) is 5.82 Å². The van der Waals surface area contributed by atoms with E-state index in [1.165, 1.54) is 10.1 Å². The van der Waals surface area contributed by atoms with Crippen molar-refractivity contribution in [3.63, 3.8) is 0 Å². The fraction of sp³-hybridized carbons (Fsp3) is 0.250. The number of hydrogen-bond acceptors (Lipinski definition) is 5. The number of thiophene rings is 1. The van der Waals surface area contributed by atoms with Gasteiger partial charge in [0.05, 0.1) is 12.3 Å². The van der Waals surface area contributed by atoms with Crippen LogP contribution in [0.2, 0.25) is 0 Å². The summed E-state index contributed by atoms with van der Waals surface area (Å²) in [5, 5.41) is 6.56. The van der Waals surface area contributed by atoms with Gasteiger partial charge in [-0.1, -0.05) is 18.2 Å². The van der Waals surface area contributed by atoms with Crippen LogP contribution in [0.3, 0.4) is 0 Å². The van der Waals surface area contributed by atoms with Crippen molar-refractivity contribution in [1.29, 1.82) is 0 Å². The predicted octanol–water partition coefficient (Wildman–Crippen LogP) is 3.94. The topological polar surface area (TPSA) is 47.0 Å². The highest BCUT2D eigenvalue weighted by Crippen LogP contribution is 2.32. The minimum atomic E-state index is 0.482. The van der Waals surface area contributed by atoms with E-state index in [4.69, 9.17) is 4.74 Å². The molecule has 0 saturated carbocycles. The van der Waals surface area contributed by atoms with E-state index in [0.29, 0.717) is 6.61 Å². The second kappa shape index (κ2) is 6.20. The number of hydrogen-bond donors (Lipinski definition) is 1. The van der Waals surface area contributed by atoms with E-state index in [2.05, 4.69) is 45.8 Å². The lowest BCUT2D eigenvalue weighted by Crippen LogP contribution is -2.04. The number of fused-ring (bicyclic) bond motifs is 1. The number of nitrogens with zero attached hydrogens (tertiary/aromatic N) is 2. The Kier molecular flexibility index (Phi) is 4.13. The van der Waals surface area contributed by atoms with Crippen LogP contribution >= 0.6 is 11.3 Å². The maximum atomic E-state index is 5.21. The van der Waals surface area contributed by atoms with Crippen molar-refractivity contribution in [2.24, 2.45) is 0 Å². The first-order chi connectivity index (χ1) is 10.3. The summed E-state index contributed by atoms with van der Waals surface area (Å²) in [7, 11) is 1.68. The Balaban J connectivity index is 2.11. The molecule has 4 nitrogen and oxygen atoms in total. The monoisotopic (exact) mass is 299 g/mol. The Morgan fingerprint density at radius 1 is 1.24 bits per heavy atom. The van der Waals surface area contributed by atoms with Crippen molar-refractivity contribution >= 4 is 27.2 Å². The van der Waals surface area contributed by atoms with E-state index in [1.807, 2.05) is 12.1 Å². The van der Waals surface area contributed by atoms with Gasteiger partial charge in [0, 0.05) is 40.8 Å². The van der Waals surface area contributed by atoms with Gasteiger partial charge in [-0.25, -0.2) is 9.97 Å². The molecule has 0 radical (unpaired) electrons. The van der Waals surface area contributed by atoms with Gasteiger partial charge in [-0.3, -0.25) is 0 Å². The lowest BCUT2D eigenvalue weighted by atomic mass is 10.1. The molecule has 0 amide bonds. The molecule has 2 aromatic heterocycles. The Labute approximate surface area is 127 Å². The Morgan fingerprint density at radius 3 is 2.90 bits per heavy atom. The third-order valence-electron chi connectivity index (χ3n) is 3.15. The minimum Gasteiger partial charge on any atom is -0.378 e. The van der Waals surface area contributed by atoms with Gasteiger partial charge in [-0.15, -0.1) is 11.3 Å². The molecule has 0 aliphatic rings. The van der Waals surface area contributed by atoms with Crippen molar-refractivity contribution in [1.82, 2.24) is 9.97 Å². The minimum absolute atomic E-state index is 0.482. The fourth-order valence-corrected chi connectivity index (χ4v) is 3.20. The zero-order valence-corrected chi connectivity index (χ0v) is 12.9. The van der Waals surface area contributed by atoms with Crippen LogP contribution in [0.15, 0.2) is 35.7 Å². The number of ether oxygens (including phenoxy) is 1. The molecule has 2 heterocycles. The molecule has 108 valence electrons. The summed E-state index contributed by atoms with van der Waals surface area (Å²) in [6.07, 6.45) is 0. The summed E-state index contributed by atoms with van der Waals surface area (Å²) < 4.78 is 6.45. The lowest BCUT2D eigenvalue weighted by Gasteiger charge is -2.08. The molecule has 1 aromatic carbocycles. The molecule has 0 saturated heterocycles. The highest BCUT2D eigenvalue weighted by Gasteiger charge is 2.11. The van der Waals surface area contributed by atoms with E-state index in [9.17, 15) is 0 Å². The Hall–Kier alpha value is -1.98. The molecule has 0 fully saturated rings. The summed E-state index contributed by atoms with van der Waals surface area (Å²) in [4.78, 5) is 9.26. The summed E-state index contributed by atoms with van der Waals surface area (Å²) in [5.41, 5.74) is 1.96. The van der Waals surface area contributed by atoms with Crippen LogP contribution in [0.5, 0.6) is 0 Å². The molecule has 5 heteroatoms. The fourth-order valence-electron chi connectivity index (χ4n) is 2.26. The summed E-state index contributed by atoms with van der Waals surface area (Å²) in [5.74, 6) is 1.59. The number of anilines is 1. The quantitative estimate of drug-likeness (QED) is 0.775. The van der Waals surface area contributed by atoms with Gasteiger partial charge in [-0.05, 0) is 13.0 Å². The molecule has 0 spiro atoms. The van der Waals surface area contributed by atoms with E-state index < -0.39 is 0 Å². The molecule has 21 heavy (non-hydrogen) atoms. The van der Waals surface area contributed by atoms with Crippen molar-refractivity contribution in [2.45, 2.75) is 13.5 Å². The van der Waals surface area contributed by atoms with Gasteiger partial charge in [0.15, 0.2) is 5.82 Å². The number of benzene rings is 1. The average Bonchev–Trinajstić information content (AvgIpc) is 2.92. The average molecular weight is 299 g/mol. The second-order valence-corrected chi connectivity index (χ2v) is 5.59. The highest BCUT2D eigenvalue weighted by molar-refractivity contribution is 7.17. The smallest absolute Gasteiger partial charge is 0.163 e. The summed E-state index contributed by atoms with van der Waals surface area (Å²) in [6.45, 7) is 3.36. The van der Waals surface area contributed by atoms with Gasteiger partial charge >= 0.3 is 0 Å². The molecule has 0 atom stereocenters. The Bertz CT molecular complexity index is 730. The summed E-state index contributed by atoms with van der Waals surface area (Å²) >= 11 is 1.72. The highest BCUT2D eigenvalue weighted by atomic mass is 32.1. The van der Waals surface area contributed by atoms with Crippen LogP contribution in [-0.4, -0.2) is 23.6 Å². The molecule has 0 aliphatic heterocycles. The molecule has 0 bridgehead atoms. The second-order valence-electron chi connectivity index (χ2n) is 4.68. The van der Waals surface area contributed by atoms with Crippen molar-refractivity contribution in [3.8, 4) is 11.4 Å². The SMILES string of the molecule is CCNc1cc(COC)nc(-c2csc3ccccc23)n1. The van der Waals surface area contributed by atoms with Crippen LogP contribution in [0, 0.1) is 0 Å². The first-order valence-corrected chi connectivity index (χ1v) is 7.77. The van der Waals surface area contributed by atoms with Crippen LogP contribution in [-0.2, 0) is 11.3 Å². The van der Waals surface area contributed by atoms with Gasteiger partial charge < -0.3 is 10.1 Å². The number of nitrogens with one attached hydrogen (secondary N) is 1. The van der Waals surface area contributed by atoms with E-state index in [1.54, 1.807) is 18.4 Å². The maximum Gasteiger partial charge on any atom is 0.163 e. The number of aromatic nitrogens is 2. The third-order valence-corrected chi connectivity index (χ3v) is 4.11. The van der Waals surface area contributed by atoms with Gasteiger partial charge in [0.25, 0.3) is 0 Å². The molecule has 0 aliphatic carbocycles. The van der Waals surface area contributed by atoms with Crippen molar-refractivity contribution < 1.29 is 4.74 Å². The normalized spacial score (nSPS) is 11.0. The van der Waals surface area contributed by atoms with E-state index in [-0.39, 0.29) is 0 Å². The molecule has 1 N–H and O–H groups in total. The Morgan fingerprint density at radius 2 is 2.10 bits per heavy atom. The summed E-state index contributed by atoms with van der Waals surface area (Å²) in [6, 6.07) is 10.3. The maximum absolute atomic E-state index is 5.21. The zero-order valence-electron chi connectivity index (χ0n) is 12.1. The molecular formula is C16H17N3OS. The van der Waals surface area contributed by atoms with Crippen LogP contribution < -0.4 is 5.32 Å². The standard InChI is InChI=1S/C16H17N3OS/c1-3-17-15-8-11(9-20-2)18-16(19-15)13-10-21-14-7-5-4-6-12(13)14/h4-8,10H,3,9H2,1-2H3,(H,17,18,19). The predicted molar refractivity (Wildman–Crippen MR) is 87.7 cm³/mol. The molecular weight excluding hydrogens is 282 g/mol.